The van der Waals surface area contributed by atoms with E-state index >= 15 is 0 Å². The molecule has 0 saturated carbocycles. The lowest BCUT2D eigenvalue weighted by Gasteiger charge is -2.14. The zero-order chi connectivity index (χ0) is 15.0. The quantitative estimate of drug-likeness (QED) is 0.663. The standard InChI is InChI=1S/C19H31N/c1-6-10-13-18-16(5)20(14-9-4)15-19(18)17(11-7-2)12-8-3/h6,10,13,15,17H,5,7-9,11-12,14H2,1-4H3/b10-6-,18-13+. The van der Waals surface area contributed by atoms with Crippen molar-refractivity contribution < 1.29 is 0 Å². The monoisotopic (exact) mass is 273 g/mol. The maximum atomic E-state index is 4.31. The molecule has 0 bridgehead atoms. The first-order chi connectivity index (χ1) is 9.69. The second-order valence-corrected chi connectivity index (χ2v) is 5.60. The van der Waals surface area contributed by atoms with Crippen molar-refractivity contribution in [1.29, 1.82) is 0 Å². The lowest BCUT2D eigenvalue weighted by Crippen LogP contribution is -2.29. The van der Waals surface area contributed by atoms with Gasteiger partial charge in [0.05, 0.1) is 0 Å². The molecule has 1 rings (SSSR count). The van der Waals surface area contributed by atoms with E-state index in [9.17, 15) is 0 Å². The van der Waals surface area contributed by atoms with E-state index in [-0.39, 0.29) is 0 Å². The van der Waals surface area contributed by atoms with E-state index in [1.165, 1.54) is 41.8 Å². The van der Waals surface area contributed by atoms with Gasteiger partial charge in [-0.3, -0.25) is 0 Å². The molecule has 0 atom stereocenters. The first kappa shape index (κ1) is 16.8. The third kappa shape index (κ3) is 4.13. The molecule has 1 aromatic heterocycles. The predicted octanol–water partition coefficient (Wildman–Crippen LogP) is 4.35. The summed E-state index contributed by atoms with van der Waals surface area (Å²) in [6.45, 7) is 14.2. The highest BCUT2D eigenvalue weighted by molar-refractivity contribution is 5.41. The highest BCUT2D eigenvalue weighted by Crippen LogP contribution is 2.23. The number of hydrogen-bond acceptors (Lipinski definition) is 0. The number of rotatable bonds is 8. The predicted molar refractivity (Wildman–Crippen MR) is 91.3 cm³/mol. The van der Waals surface area contributed by atoms with E-state index in [0.29, 0.717) is 5.92 Å². The molecule has 20 heavy (non-hydrogen) atoms. The van der Waals surface area contributed by atoms with Crippen LogP contribution in [0.2, 0.25) is 0 Å². The fourth-order valence-electron chi connectivity index (χ4n) is 2.94. The molecule has 0 fully saturated rings. The molecule has 0 aromatic carbocycles. The molecule has 1 heteroatoms. The SMILES string of the molecule is C=c1/c(=C\C=C/C)c(C(CCC)CCC)cn1CCC. The second-order valence-electron chi connectivity index (χ2n) is 5.60. The van der Waals surface area contributed by atoms with Crippen molar-refractivity contribution in [2.75, 3.05) is 0 Å². The molecule has 0 aliphatic rings. The Labute approximate surface area is 124 Å². The molecule has 0 aliphatic heterocycles. The summed E-state index contributed by atoms with van der Waals surface area (Å²) >= 11 is 0. The molecule has 1 heterocycles. The number of aromatic nitrogens is 1. The third-order valence-electron chi connectivity index (χ3n) is 3.90. The molecule has 0 radical (unpaired) electrons. The number of allylic oxidation sites excluding steroid dienone is 2. The average Bonchev–Trinajstić information content (AvgIpc) is 2.74. The van der Waals surface area contributed by atoms with Crippen molar-refractivity contribution in [3.8, 4) is 0 Å². The van der Waals surface area contributed by atoms with Crippen LogP contribution in [0.1, 0.15) is 71.3 Å². The van der Waals surface area contributed by atoms with Crippen LogP contribution in [0.25, 0.3) is 12.7 Å². The van der Waals surface area contributed by atoms with Gasteiger partial charge < -0.3 is 4.57 Å². The van der Waals surface area contributed by atoms with Gasteiger partial charge in [-0.1, -0.05) is 58.4 Å². The van der Waals surface area contributed by atoms with Gasteiger partial charge in [0.15, 0.2) is 0 Å². The van der Waals surface area contributed by atoms with E-state index in [1.54, 1.807) is 0 Å². The summed E-state index contributed by atoms with van der Waals surface area (Å²) in [4.78, 5) is 0. The molecule has 0 saturated heterocycles. The van der Waals surface area contributed by atoms with Gasteiger partial charge in [-0.05, 0) is 37.7 Å². The van der Waals surface area contributed by atoms with Crippen LogP contribution in [0.5, 0.6) is 0 Å². The fraction of sp³-hybridized carbons (Fsp3) is 0.579. The number of aryl methyl sites for hydroxylation is 1. The van der Waals surface area contributed by atoms with Crippen LogP contribution in [-0.2, 0) is 6.54 Å². The van der Waals surface area contributed by atoms with Gasteiger partial charge in [0.25, 0.3) is 0 Å². The Balaban J connectivity index is 3.34. The summed E-state index contributed by atoms with van der Waals surface area (Å²) in [5.74, 6) is 0.681. The van der Waals surface area contributed by atoms with Crippen molar-refractivity contribution in [3.05, 3.63) is 34.5 Å². The highest BCUT2D eigenvalue weighted by atomic mass is 14.9. The first-order valence-corrected chi connectivity index (χ1v) is 8.20. The minimum absolute atomic E-state index is 0.681. The lowest BCUT2D eigenvalue weighted by atomic mass is 9.91. The Bertz CT molecular complexity index is 513. The van der Waals surface area contributed by atoms with Crippen molar-refractivity contribution in [1.82, 2.24) is 4.57 Å². The van der Waals surface area contributed by atoms with Gasteiger partial charge in [0, 0.05) is 23.3 Å². The van der Waals surface area contributed by atoms with Crippen molar-refractivity contribution in [2.24, 2.45) is 0 Å². The van der Waals surface area contributed by atoms with Crippen LogP contribution < -0.4 is 10.6 Å². The summed E-state index contributed by atoms with van der Waals surface area (Å²) in [7, 11) is 0. The Morgan fingerprint density at radius 2 is 1.80 bits per heavy atom. The maximum Gasteiger partial charge on any atom is 0.0410 e. The van der Waals surface area contributed by atoms with Crippen molar-refractivity contribution >= 4 is 12.7 Å². The van der Waals surface area contributed by atoms with Crippen LogP contribution in [0.4, 0.5) is 0 Å². The molecule has 0 unspecified atom stereocenters. The summed E-state index contributed by atoms with van der Waals surface area (Å²) in [5.41, 5.74) is 1.50. The number of nitrogens with zero attached hydrogens (tertiary/aromatic N) is 1. The molecular formula is C19H31N. The molecule has 0 amide bonds. The largest absolute Gasteiger partial charge is 0.348 e. The highest BCUT2D eigenvalue weighted by Gasteiger charge is 2.14. The molecule has 1 aromatic rings. The normalized spacial score (nSPS) is 12.9. The summed E-state index contributed by atoms with van der Waals surface area (Å²) < 4.78 is 2.34. The van der Waals surface area contributed by atoms with Crippen LogP contribution in [0, 0.1) is 0 Å². The van der Waals surface area contributed by atoms with Crippen molar-refractivity contribution in [2.45, 2.75) is 72.3 Å². The average molecular weight is 273 g/mol. The molecule has 112 valence electrons. The maximum absolute atomic E-state index is 4.31. The zero-order valence-corrected chi connectivity index (χ0v) is 13.8. The van der Waals surface area contributed by atoms with Gasteiger partial charge in [-0.2, -0.15) is 0 Å². The Kier molecular flexibility index (Phi) is 7.43. The molecule has 0 spiro atoms. The molecular weight excluding hydrogens is 242 g/mol. The minimum atomic E-state index is 0.681. The van der Waals surface area contributed by atoms with E-state index in [2.05, 4.69) is 63.3 Å². The summed E-state index contributed by atoms with van der Waals surface area (Å²) in [5, 5.41) is 2.53. The van der Waals surface area contributed by atoms with Crippen LogP contribution in [0.3, 0.4) is 0 Å². The molecule has 0 aliphatic carbocycles. The Morgan fingerprint density at radius 1 is 1.15 bits per heavy atom. The van der Waals surface area contributed by atoms with Gasteiger partial charge in [0.1, 0.15) is 0 Å². The second kappa shape index (κ2) is 8.84. The van der Waals surface area contributed by atoms with Crippen LogP contribution in [0.15, 0.2) is 18.3 Å². The number of hydrogen-bond donors (Lipinski definition) is 0. The van der Waals surface area contributed by atoms with E-state index in [1.807, 2.05) is 0 Å². The van der Waals surface area contributed by atoms with Gasteiger partial charge >= 0.3 is 0 Å². The fourth-order valence-corrected chi connectivity index (χ4v) is 2.94. The van der Waals surface area contributed by atoms with Crippen molar-refractivity contribution in [3.63, 3.8) is 0 Å². The molecule has 0 N–H and O–H groups in total. The van der Waals surface area contributed by atoms with E-state index in [4.69, 9.17) is 0 Å². The van der Waals surface area contributed by atoms with E-state index in [0.717, 1.165) is 13.0 Å². The summed E-state index contributed by atoms with van der Waals surface area (Å²) in [6, 6.07) is 0. The Morgan fingerprint density at radius 3 is 2.30 bits per heavy atom. The van der Waals surface area contributed by atoms with E-state index < -0.39 is 0 Å². The smallest absolute Gasteiger partial charge is 0.0410 e. The Hall–Kier alpha value is -1.24. The first-order valence-electron chi connectivity index (χ1n) is 8.20. The topological polar surface area (TPSA) is 4.93 Å². The molecule has 1 nitrogen and oxygen atoms in total. The van der Waals surface area contributed by atoms with Crippen LogP contribution in [-0.4, -0.2) is 4.57 Å². The summed E-state index contributed by atoms with van der Waals surface area (Å²) in [6.07, 6.45) is 15.0. The van der Waals surface area contributed by atoms with Gasteiger partial charge in [0.2, 0.25) is 0 Å². The minimum Gasteiger partial charge on any atom is -0.348 e. The third-order valence-corrected chi connectivity index (χ3v) is 3.90. The zero-order valence-electron chi connectivity index (χ0n) is 13.8. The van der Waals surface area contributed by atoms with Crippen LogP contribution >= 0.6 is 0 Å². The van der Waals surface area contributed by atoms with Gasteiger partial charge in [-0.15, -0.1) is 0 Å². The van der Waals surface area contributed by atoms with Gasteiger partial charge in [-0.25, -0.2) is 0 Å². The lowest BCUT2D eigenvalue weighted by molar-refractivity contribution is 0.557.